The Morgan fingerprint density at radius 2 is 2.19 bits per heavy atom. The summed E-state index contributed by atoms with van der Waals surface area (Å²) in [7, 11) is 2.05. The Morgan fingerprint density at radius 3 is 2.81 bits per heavy atom. The van der Waals surface area contributed by atoms with Crippen LogP contribution in [-0.4, -0.2) is 52.2 Å². The molecule has 1 aliphatic rings. The highest BCUT2D eigenvalue weighted by molar-refractivity contribution is 7.99. The number of rotatable bonds is 7. The van der Waals surface area contributed by atoms with Crippen molar-refractivity contribution in [2.45, 2.75) is 45.8 Å². The molecule has 7 heteroatoms. The molecular weight excluding hydrogens is 286 g/mol. The number of thioether (sulfide) groups is 1. The Morgan fingerprint density at radius 1 is 1.38 bits per heavy atom. The van der Waals surface area contributed by atoms with Crippen LogP contribution in [0.15, 0.2) is 0 Å². The summed E-state index contributed by atoms with van der Waals surface area (Å²) in [6.07, 6.45) is 2.24. The lowest BCUT2D eigenvalue weighted by Crippen LogP contribution is -2.33. The Balaban J connectivity index is 2.20. The van der Waals surface area contributed by atoms with Gasteiger partial charge in [-0.25, -0.2) is 0 Å². The van der Waals surface area contributed by atoms with Crippen LogP contribution in [0.25, 0.3) is 0 Å². The van der Waals surface area contributed by atoms with Crippen molar-refractivity contribution in [1.82, 2.24) is 15.0 Å². The summed E-state index contributed by atoms with van der Waals surface area (Å²) >= 11 is 1.98. The lowest BCUT2D eigenvalue weighted by Gasteiger charge is -2.24. The average molecular weight is 311 g/mol. The summed E-state index contributed by atoms with van der Waals surface area (Å²) in [5.74, 6) is 3.61. The van der Waals surface area contributed by atoms with Gasteiger partial charge in [-0.2, -0.15) is 26.7 Å². The second kappa shape index (κ2) is 7.68. The molecule has 118 valence electrons. The van der Waals surface area contributed by atoms with E-state index in [9.17, 15) is 0 Å². The number of nitrogens with one attached hydrogen (secondary N) is 1. The maximum atomic E-state index is 5.65. The third-order valence-electron chi connectivity index (χ3n) is 3.25. The van der Waals surface area contributed by atoms with Gasteiger partial charge in [0.05, 0.1) is 6.10 Å². The van der Waals surface area contributed by atoms with Crippen molar-refractivity contribution in [3.8, 4) is 6.01 Å². The summed E-state index contributed by atoms with van der Waals surface area (Å²) in [6.45, 7) is 6.90. The number of nitrogens with zero attached hydrogens (tertiary/aromatic N) is 4. The second-order valence-corrected chi connectivity index (χ2v) is 6.61. The van der Waals surface area contributed by atoms with Gasteiger partial charge in [0.2, 0.25) is 11.9 Å². The van der Waals surface area contributed by atoms with Crippen molar-refractivity contribution in [2.24, 2.45) is 0 Å². The van der Waals surface area contributed by atoms with E-state index in [-0.39, 0.29) is 6.10 Å². The number of ether oxygens (including phenoxy) is 1. The van der Waals surface area contributed by atoms with Gasteiger partial charge in [-0.3, -0.25) is 0 Å². The molecule has 0 amide bonds. The lowest BCUT2D eigenvalue weighted by atomic mass is 10.2. The van der Waals surface area contributed by atoms with E-state index in [0.29, 0.717) is 23.9 Å². The van der Waals surface area contributed by atoms with E-state index in [1.807, 2.05) is 25.6 Å². The molecule has 0 spiro atoms. The molecule has 0 aromatic carbocycles. The van der Waals surface area contributed by atoms with Crippen molar-refractivity contribution in [3.05, 3.63) is 0 Å². The number of aromatic nitrogens is 3. The van der Waals surface area contributed by atoms with Crippen LogP contribution in [0.5, 0.6) is 6.01 Å². The van der Waals surface area contributed by atoms with E-state index in [4.69, 9.17) is 4.74 Å². The topological polar surface area (TPSA) is 63.2 Å². The van der Waals surface area contributed by atoms with E-state index in [0.717, 1.165) is 18.7 Å². The highest BCUT2D eigenvalue weighted by atomic mass is 32.2. The fourth-order valence-electron chi connectivity index (χ4n) is 2.07. The van der Waals surface area contributed by atoms with Gasteiger partial charge in [-0.05, 0) is 32.4 Å². The molecule has 0 bridgehead atoms. The first-order chi connectivity index (χ1) is 10.1. The van der Waals surface area contributed by atoms with Gasteiger partial charge in [0.15, 0.2) is 0 Å². The van der Waals surface area contributed by atoms with Gasteiger partial charge >= 0.3 is 6.01 Å². The predicted molar refractivity (Wildman–Crippen MR) is 88.5 cm³/mol. The largest absolute Gasteiger partial charge is 0.461 e. The molecule has 2 heterocycles. The minimum absolute atomic E-state index is 0.0478. The molecule has 21 heavy (non-hydrogen) atoms. The van der Waals surface area contributed by atoms with E-state index in [1.54, 1.807) is 0 Å². The Hall–Kier alpha value is -1.24. The first kappa shape index (κ1) is 16.1. The highest BCUT2D eigenvalue weighted by Crippen LogP contribution is 2.25. The smallest absolute Gasteiger partial charge is 0.323 e. The van der Waals surface area contributed by atoms with Crippen LogP contribution in [0, 0.1) is 0 Å². The molecule has 1 aromatic heterocycles. The molecule has 1 fully saturated rings. The lowest BCUT2D eigenvalue weighted by molar-refractivity contribution is 0.222. The quantitative estimate of drug-likeness (QED) is 0.829. The van der Waals surface area contributed by atoms with Crippen molar-refractivity contribution in [1.29, 1.82) is 0 Å². The van der Waals surface area contributed by atoms with Gasteiger partial charge in [0.25, 0.3) is 0 Å². The van der Waals surface area contributed by atoms with Gasteiger partial charge in [0.1, 0.15) is 0 Å². The van der Waals surface area contributed by atoms with Crippen LogP contribution in [0.1, 0.15) is 33.6 Å². The van der Waals surface area contributed by atoms with Crippen molar-refractivity contribution in [2.75, 3.05) is 35.3 Å². The fraction of sp³-hybridized carbons (Fsp3) is 0.786. The van der Waals surface area contributed by atoms with Crippen LogP contribution in [0.4, 0.5) is 11.9 Å². The van der Waals surface area contributed by atoms with E-state index < -0.39 is 0 Å². The maximum Gasteiger partial charge on any atom is 0.323 e. The third kappa shape index (κ3) is 4.62. The zero-order valence-electron chi connectivity index (χ0n) is 13.3. The first-order valence-corrected chi connectivity index (χ1v) is 8.72. The third-order valence-corrected chi connectivity index (χ3v) is 4.39. The summed E-state index contributed by atoms with van der Waals surface area (Å²) in [6, 6.07) is 0.884. The fourth-order valence-corrected chi connectivity index (χ4v) is 3.34. The molecule has 0 saturated carbocycles. The van der Waals surface area contributed by atoms with Crippen LogP contribution in [0.3, 0.4) is 0 Å². The summed E-state index contributed by atoms with van der Waals surface area (Å²) in [4.78, 5) is 15.5. The molecule has 0 aliphatic carbocycles. The first-order valence-electron chi connectivity index (χ1n) is 7.57. The van der Waals surface area contributed by atoms with Crippen molar-refractivity contribution >= 4 is 23.7 Å². The normalized spacial score (nSPS) is 18.0. The van der Waals surface area contributed by atoms with E-state index in [1.165, 1.54) is 12.2 Å². The Kier molecular flexibility index (Phi) is 5.90. The molecule has 1 N–H and O–H groups in total. The number of anilines is 2. The van der Waals surface area contributed by atoms with Gasteiger partial charge in [-0.15, -0.1) is 0 Å². The minimum Gasteiger partial charge on any atom is -0.461 e. The van der Waals surface area contributed by atoms with Crippen molar-refractivity contribution in [3.63, 3.8) is 0 Å². The standard InChI is InChI=1S/C14H25N5OS/c1-5-7-15-12-16-13(18-14(17-12)20-10(2)3)19(4)11-6-8-21-9-11/h10-11H,5-9H2,1-4H3,(H,15,16,17,18). The second-order valence-electron chi connectivity index (χ2n) is 5.46. The number of hydrogen-bond acceptors (Lipinski definition) is 7. The highest BCUT2D eigenvalue weighted by Gasteiger charge is 2.23. The summed E-state index contributed by atoms with van der Waals surface area (Å²) in [5, 5.41) is 3.22. The van der Waals surface area contributed by atoms with Gasteiger partial charge in [0, 0.05) is 25.4 Å². The van der Waals surface area contributed by atoms with E-state index in [2.05, 4.69) is 39.1 Å². The van der Waals surface area contributed by atoms with Gasteiger partial charge in [-0.1, -0.05) is 6.92 Å². The molecule has 1 saturated heterocycles. The minimum atomic E-state index is 0.0478. The summed E-state index contributed by atoms with van der Waals surface area (Å²) in [5.41, 5.74) is 0. The zero-order valence-corrected chi connectivity index (χ0v) is 14.1. The average Bonchev–Trinajstić information content (AvgIpc) is 2.97. The van der Waals surface area contributed by atoms with Gasteiger partial charge < -0.3 is 15.0 Å². The van der Waals surface area contributed by atoms with Crippen LogP contribution < -0.4 is 15.0 Å². The van der Waals surface area contributed by atoms with Crippen LogP contribution in [-0.2, 0) is 0 Å². The molecule has 1 aromatic rings. The molecule has 1 atom stereocenters. The summed E-state index contributed by atoms with van der Waals surface area (Å²) < 4.78 is 5.65. The Labute approximate surface area is 131 Å². The monoisotopic (exact) mass is 311 g/mol. The maximum absolute atomic E-state index is 5.65. The zero-order chi connectivity index (χ0) is 15.2. The van der Waals surface area contributed by atoms with Crippen LogP contribution in [0.2, 0.25) is 0 Å². The molecule has 1 unspecified atom stereocenters. The van der Waals surface area contributed by atoms with E-state index >= 15 is 0 Å². The molecule has 1 aliphatic heterocycles. The SMILES string of the molecule is CCCNc1nc(OC(C)C)nc(N(C)C2CCSC2)n1. The number of hydrogen-bond donors (Lipinski definition) is 1. The van der Waals surface area contributed by atoms with Crippen LogP contribution >= 0.6 is 11.8 Å². The molecular formula is C14H25N5OS. The molecule has 6 nitrogen and oxygen atoms in total. The predicted octanol–water partition coefficient (Wildman–Crippen LogP) is 2.42. The molecule has 0 radical (unpaired) electrons. The van der Waals surface area contributed by atoms with Crippen molar-refractivity contribution < 1.29 is 4.74 Å². The molecule has 2 rings (SSSR count). The Bertz CT molecular complexity index is 451.